The Hall–Kier alpha value is -1.06. The number of nitrogens with one attached hydrogen (secondary N) is 2. The zero-order valence-electron chi connectivity index (χ0n) is 19.9. The number of aliphatic imine (C=N–C) groups is 1. The smallest absolute Gasteiger partial charge is 0.191 e. The third-order valence-corrected chi connectivity index (χ3v) is 5.65. The zero-order chi connectivity index (χ0) is 22.0. The lowest BCUT2D eigenvalue weighted by Crippen LogP contribution is -2.45. The Morgan fingerprint density at radius 1 is 1.26 bits per heavy atom. The van der Waals surface area contributed by atoms with Crippen molar-refractivity contribution in [2.75, 3.05) is 46.1 Å². The summed E-state index contributed by atoms with van der Waals surface area (Å²) in [5.74, 6) is 2.24. The second kappa shape index (κ2) is 13.5. The van der Waals surface area contributed by atoms with E-state index in [0.717, 1.165) is 50.9 Å². The Balaban J connectivity index is 0.00000480. The molecule has 1 aromatic rings. The maximum absolute atomic E-state index is 9.44. The van der Waals surface area contributed by atoms with Gasteiger partial charge in [0.25, 0.3) is 0 Å². The second-order valence-corrected chi connectivity index (χ2v) is 9.44. The standard InChI is InChI=1S/C24H41N3O3.HI/c1-6-25-22(27-17-24(11-13-28)12-14-29-18-24)26-16-23(4,5)20-7-9-21(10-8-20)30-15-19(2)3;/h7-10,19,28H,6,11-18H2,1-5H3,(H2,25,26,27);1H. The molecular formula is C24H42IN3O3. The minimum absolute atomic E-state index is 0. The average molecular weight is 548 g/mol. The molecule has 0 radical (unpaired) electrons. The van der Waals surface area contributed by atoms with Gasteiger partial charge in [-0.25, -0.2) is 0 Å². The molecule has 0 amide bonds. The fraction of sp³-hybridized carbons (Fsp3) is 0.708. The van der Waals surface area contributed by atoms with Crippen molar-refractivity contribution in [3.8, 4) is 5.75 Å². The topological polar surface area (TPSA) is 75.1 Å². The minimum atomic E-state index is -0.0990. The van der Waals surface area contributed by atoms with Crippen molar-refractivity contribution in [1.82, 2.24) is 10.6 Å². The van der Waals surface area contributed by atoms with Crippen molar-refractivity contribution < 1.29 is 14.6 Å². The summed E-state index contributed by atoms with van der Waals surface area (Å²) < 4.78 is 11.4. The number of benzene rings is 1. The molecule has 1 heterocycles. The highest BCUT2D eigenvalue weighted by molar-refractivity contribution is 14.0. The number of halogens is 1. The molecule has 0 saturated carbocycles. The first-order valence-electron chi connectivity index (χ1n) is 11.2. The Kier molecular flexibility index (Phi) is 12.2. The Morgan fingerprint density at radius 2 is 1.97 bits per heavy atom. The molecule has 1 aliphatic rings. The first-order valence-corrected chi connectivity index (χ1v) is 11.2. The molecule has 0 spiro atoms. The van der Waals surface area contributed by atoms with Gasteiger partial charge in [0.2, 0.25) is 0 Å². The highest BCUT2D eigenvalue weighted by atomic mass is 127. The Labute approximate surface area is 205 Å². The van der Waals surface area contributed by atoms with Crippen LogP contribution in [0.1, 0.15) is 53.0 Å². The number of rotatable bonds is 11. The maximum atomic E-state index is 9.44. The van der Waals surface area contributed by atoms with Crippen molar-refractivity contribution in [1.29, 1.82) is 0 Å². The molecule has 1 fully saturated rings. The summed E-state index contributed by atoms with van der Waals surface area (Å²) in [5.41, 5.74) is 1.13. The third kappa shape index (κ3) is 9.14. The molecule has 31 heavy (non-hydrogen) atoms. The molecule has 3 N–H and O–H groups in total. The number of aliphatic hydroxyl groups is 1. The first kappa shape index (κ1) is 28.0. The van der Waals surface area contributed by atoms with Crippen LogP contribution in [-0.2, 0) is 10.2 Å². The van der Waals surface area contributed by atoms with Crippen LogP contribution in [0.3, 0.4) is 0 Å². The van der Waals surface area contributed by atoms with Gasteiger partial charge in [0.1, 0.15) is 5.75 Å². The molecule has 7 heteroatoms. The van der Waals surface area contributed by atoms with E-state index < -0.39 is 0 Å². The van der Waals surface area contributed by atoms with Crippen molar-refractivity contribution in [2.24, 2.45) is 16.3 Å². The number of guanidine groups is 1. The van der Waals surface area contributed by atoms with Crippen LogP contribution in [0.15, 0.2) is 29.3 Å². The van der Waals surface area contributed by atoms with Gasteiger partial charge in [0.15, 0.2) is 5.96 Å². The minimum Gasteiger partial charge on any atom is -0.493 e. The molecule has 178 valence electrons. The van der Waals surface area contributed by atoms with Crippen LogP contribution in [-0.4, -0.2) is 57.1 Å². The molecule has 0 bridgehead atoms. The van der Waals surface area contributed by atoms with Crippen LogP contribution in [0.4, 0.5) is 0 Å². The Morgan fingerprint density at radius 3 is 2.52 bits per heavy atom. The SMILES string of the molecule is CCNC(=NCC(C)(C)c1ccc(OCC(C)C)cc1)NCC1(CCO)CCOC1.I. The number of ether oxygens (including phenoxy) is 2. The second-order valence-electron chi connectivity index (χ2n) is 9.44. The van der Waals surface area contributed by atoms with Gasteiger partial charge in [-0.2, -0.15) is 0 Å². The predicted molar refractivity (Wildman–Crippen MR) is 139 cm³/mol. The van der Waals surface area contributed by atoms with Crippen LogP contribution in [0, 0.1) is 11.3 Å². The van der Waals surface area contributed by atoms with E-state index in [1.165, 1.54) is 5.56 Å². The largest absolute Gasteiger partial charge is 0.493 e. The van der Waals surface area contributed by atoms with E-state index in [1.807, 2.05) is 12.1 Å². The maximum Gasteiger partial charge on any atom is 0.191 e. The summed E-state index contributed by atoms with van der Waals surface area (Å²) in [6.45, 7) is 15.4. The van der Waals surface area contributed by atoms with Gasteiger partial charge in [0, 0.05) is 37.1 Å². The summed E-state index contributed by atoms with van der Waals surface area (Å²) in [7, 11) is 0. The number of hydrogen-bond acceptors (Lipinski definition) is 4. The van der Waals surface area contributed by atoms with Crippen molar-refractivity contribution in [3.05, 3.63) is 29.8 Å². The number of aliphatic hydroxyl groups excluding tert-OH is 1. The van der Waals surface area contributed by atoms with Gasteiger partial charge in [-0.1, -0.05) is 39.8 Å². The molecule has 1 atom stereocenters. The normalized spacial score (nSPS) is 19.3. The van der Waals surface area contributed by atoms with Crippen molar-refractivity contribution >= 4 is 29.9 Å². The number of nitrogens with zero attached hydrogens (tertiary/aromatic N) is 1. The van der Waals surface area contributed by atoms with E-state index in [4.69, 9.17) is 14.5 Å². The summed E-state index contributed by atoms with van der Waals surface area (Å²) in [4.78, 5) is 4.86. The van der Waals surface area contributed by atoms with Gasteiger partial charge in [0.05, 0.1) is 19.8 Å². The molecule has 1 unspecified atom stereocenters. The fourth-order valence-corrected chi connectivity index (χ4v) is 3.56. The molecule has 1 saturated heterocycles. The number of hydrogen-bond donors (Lipinski definition) is 3. The summed E-state index contributed by atoms with van der Waals surface area (Å²) in [5, 5.41) is 16.3. The van der Waals surface area contributed by atoms with Gasteiger partial charge >= 0.3 is 0 Å². The third-order valence-electron chi connectivity index (χ3n) is 5.65. The lowest BCUT2D eigenvalue weighted by Gasteiger charge is -2.28. The molecule has 0 aliphatic carbocycles. The van der Waals surface area contributed by atoms with Gasteiger partial charge in [-0.05, 0) is 43.4 Å². The molecule has 1 aromatic carbocycles. The van der Waals surface area contributed by atoms with Gasteiger partial charge < -0.3 is 25.2 Å². The summed E-state index contributed by atoms with van der Waals surface area (Å²) in [6.07, 6.45) is 1.72. The van der Waals surface area contributed by atoms with E-state index in [9.17, 15) is 5.11 Å². The van der Waals surface area contributed by atoms with Crippen LogP contribution in [0.5, 0.6) is 5.75 Å². The van der Waals surface area contributed by atoms with Crippen molar-refractivity contribution in [3.63, 3.8) is 0 Å². The lowest BCUT2D eigenvalue weighted by atomic mass is 9.84. The Bertz CT molecular complexity index is 657. The summed E-state index contributed by atoms with van der Waals surface area (Å²) >= 11 is 0. The van der Waals surface area contributed by atoms with E-state index in [0.29, 0.717) is 19.1 Å². The van der Waals surface area contributed by atoms with E-state index in [1.54, 1.807) is 0 Å². The van der Waals surface area contributed by atoms with Crippen molar-refractivity contribution in [2.45, 2.75) is 52.9 Å². The fourth-order valence-electron chi connectivity index (χ4n) is 3.56. The van der Waals surface area contributed by atoms with Gasteiger partial charge in [-0.15, -0.1) is 24.0 Å². The van der Waals surface area contributed by atoms with Crippen LogP contribution < -0.4 is 15.4 Å². The lowest BCUT2D eigenvalue weighted by molar-refractivity contribution is 0.127. The molecule has 2 rings (SSSR count). The molecular weight excluding hydrogens is 505 g/mol. The van der Waals surface area contributed by atoms with E-state index in [-0.39, 0.29) is 41.4 Å². The van der Waals surface area contributed by atoms with Crippen LogP contribution in [0.2, 0.25) is 0 Å². The molecule has 6 nitrogen and oxygen atoms in total. The first-order chi connectivity index (χ1) is 14.3. The molecule has 1 aliphatic heterocycles. The average Bonchev–Trinajstić information content (AvgIpc) is 3.18. The predicted octanol–water partition coefficient (Wildman–Crippen LogP) is 3.96. The highest BCUT2D eigenvalue weighted by Gasteiger charge is 2.34. The van der Waals surface area contributed by atoms with E-state index >= 15 is 0 Å². The van der Waals surface area contributed by atoms with Gasteiger partial charge in [-0.3, -0.25) is 4.99 Å². The van der Waals surface area contributed by atoms with E-state index in [2.05, 4.69) is 57.4 Å². The van der Waals surface area contributed by atoms with Crippen LogP contribution >= 0.6 is 24.0 Å². The van der Waals surface area contributed by atoms with Crippen LogP contribution in [0.25, 0.3) is 0 Å². The highest BCUT2D eigenvalue weighted by Crippen LogP contribution is 2.31. The summed E-state index contributed by atoms with van der Waals surface area (Å²) in [6, 6.07) is 8.37. The monoisotopic (exact) mass is 547 g/mol. The quantitative estimate of drug-likeness (QED) is 0.222. The molecule has 0 aromatic heterocycles. The zero-order valence-corrected chi connectivity index (χ0v) is 22.2.